The van der Waals surface area contributed by atoms with E-state index < -0.39 is 16.1 Å². The van der Waals surface area contributed by atoms with Crippen LogP contribution in [0, 0.1) is 5.92 Å². The Kier molecular flexibility index (Phi) is 7.91. The molecule has 186 valence electrons. The molecule has 4 rings (SSSR count). The van der Waals surface area contributed by atoms with Crippen molar-refractivity contribution < 1.29 is 18.3 Å². The van der Waals surface area contributed by atoms with E-state index in [1.54, 1.807) is 13.0 Å². The number of aliphatic hydroxyl groups is 1. The number of ether oxygens (including phenoxy) is 1. The number of aliphatic hydroxyl groups excluding tert-OH is 1. The first kappa shape index (κ1) is 25.4. The summed E-state index contributed by atoms with van der Waals surface area (Å²) in [6.45, 7) is 5.17. The molecule has 0 spiro atoms. The standard InChI is InChI=1S/C28H34N2O4S/c1-21-17-30(22(2)20-31)35(32,33)28-15-14-25(24-12-8-5-9-13-24)16-26(28)34-27(21)19-29(3)18-23-10-6-4-7-11-23/h4-16,21-22,27,31H,17-20H2,1-3H3/t21-,22+,27+/m0/s1. The van der Waals surface area contributed by atoms with Gasteiger partial charge in [0.05, 0.1) is 6.61 Å². The molecule has 0 aliphatic carbocycles. The van der Waals surface area contributed by atoms with Gasteiger partial charge >= 0.3 is 0 Å². The van der Waals surface area contributed by atoms with Crippen LogP contribution >= 0.6 is 0 Å². The number of nitrogens with zero attached hydrogens (tertiary/aromatic N) is 2. The molecule has 3 aromatic rings. The van der Waals surface area contributed by atoms with E-state index in [4.69, 9.17) is 4.74 Å². The van der Waals surface area contributed by atoms with Gasteiger partial charge in [-0.25, -0.2) is 8.42 Å². The van der Waals surface area contributed by atoms with Crippen LogP contribution in [0.4, 0.5) is 0 Å². The largest absolute Gasteiger partial charge is 0.487 e. The molecule has 0 unspecified atom stereocenters. The number of hydrogen-bond donors (Lipinski definition) is 1. The van der Waals surface area contributed by atoms with Gasteiger partial charge in [-0.05, 0) is 42.8 Å². The van der Waals surface area contributed by atoms with Crippen molar-refractivity contribution in [2.24, 2.45) is 5.92 Å². The fraction of sp³-hybridized carbons (Fsp3) is 0.357. The second kappa shape index (κ2) is 10.9. The van der Waals surface area contributed by atoms with Crippen LogP contribution in [-0.4, -0.2) is 61.6 Å². The first-order valence-corrected chi connectivity index (χ1v) is 13.4. The summed E-state index contributed by atoms with van der Waals surface area (Å²) in [6.07, 6.45) is -0.239. The first-order valence-electron chi connectivity index (χ1n) is 12.0. The smallest absolute Gasteiger partial charge is 0.247 e. The third-order valence-corrected chi connectivity index (χ3v) is 8.58. The van der Waals surface area contributed by atoms with Gasteiger partial charge in [-0.15, -0.1) is 0 Å². The summed E-state index contributed by atoms with van der Waals surface area (Å²) in [5.74, 6) is 0.261. The second-order valence-electron chi connectivity index (χ2n) is 9.45. The van der Waals surface area contributed by atoms with Crippen molar-refractivity contribution in [3.05, 3.63) is 84.4 Å². The average Bonchev–Trinajstić information content (AvgIpc) is 2.86. The van der Waals surface area contributed by atoms with Crippen molar-refractivity contribution in [3.63, 3.8) is 0 Å². The molecule has 3 atom stereocenters. The van der Waals surface area contributed by atoms with Crippen LogP contribution in [0.1, 0.15) is 19.4 Å². The van der Waals surface area contributed by atoms with Crippen LogP contribution in [-0.2, 0) is 16.6 Å². The number of benzene rings is 3. The molecule has 0 aromatic heterocycles. The molecule has 1 N–H and O–H groups in total. The van der Waals surface area contributed by atoms with Gasteiger partial charge in [0, 0.05) is 31.6 Å². The van der Waals surface area contributed by atoms with E-state index in [1.165, 1.54) is 9.87 Å². The van der Waals surface area contributed by atoms with Crippen molar-refractivity contribution in [1.29, 1.82) is 0 Å². The maximum atomic E-state index is 13.7. The Morgan fingerprint density at radius 2 is 1.69 bits per heavy atom. The highest BCUT2D eigenvalue weighted by molar-refractivity contribution is 7.89. The Bertz CT molecular complexity index is 1220. The van der Waals surface area contributed by atoms with E-state index in [0.29, 0.717) is 12.3 Å². The quantitative estimate of drug-likeness (QED) is 0.532. The third kappa shape index (κ3) is 5.76. The normalized spacial score (nSPS) is 20.9. The zero-order chi connectivity index (χ0) is 25.0. The molecule has 0 amide bonds. The van der Waals surface area contributed by atoms with Gasteiger partial charge in [0.25, 0.3) is 0 Å². The molecule has 1 aliphatic rings. The van der Waals surface area contributed by atoms with Crippen LogP contribution in [0.25, 0.3) is 11.1 Å². The maximum Gasteiger partial charge on any atom is 0.247 e. The molecule has 0 radical (unpaired) electrons. The number of fused-ring (bicyclic) bond motifs is 1. The van der Waals surface area contributed by atoms with Gasteiger partial charge in [0.2, 0.25) is 10.0 Å². The topological polar surface area (TPSA) is 70.1 Å². The molecule has 6 nitrogen and oxygen atoms in total. The third-order valence-electron chi connectivity index (χ3n) is 6.56. The molecule has 3 aromatic carbocycles. The highest BCUT2D eigenvalue weighted by Gasteiger charge is 2.38. The van der Waals surface area contributed by atoms with Crippen molar-refractivity contribution in [1.82, 2.24) is 9.21 Å². The average molecular weight is 495 g/mol. The number of sulfonamides is 1. The summed E-state index contributed by atoms with van der Waals surface area (Å²) in [5.41, 5.74) is 3.09. The molecular weight excluding hydrogens is 460 g/mol. The fourth-order valence-electron chi connectivity index (χ4n) is 4.52. The number of hydrogen-bond acceptors (Lipinski definition) is 5. The zero-order valence-electron chi connectivity index (χ0n) is 20.5. The minimum Gasteiger partial charge on any atom is -0.487 e. The molecule has 35 heavy (non-hydrogen) atoms. The Morgan fingerprint density at radius 3 is 2.34 bits per heavy atom. The summed E-state index contributed by atoms with van der Waals surface area (Å²) < 4.78 is 35.3. The van der Waals surface area contributed by atoms with Gasteiger partial charge in [-0.3, -0.25) is 4.90 Å². The fourth-order valence-corrected chi connectivity index (χ4v) is 6.35. The summed E-state index contributed by atoms with van der Waals surface area (Å²) in [6, 6.07) is 24.8. The Labute approximate surface area is 208 Å². The highest BCUT2D eigenvalue weighted by atomic mass is 32.2. The number of rotatable bonds is 7. The van der Waals surface area contributed by atoms with Gasteiger partial charge < -0.3 is 9.84 Å². The summed E-state index contributed by atoms with van der Waals surface area (Å²) in [5, 5.41) is 9.84. The summed E-state index contributed by atoms with van der Waals surface area (Å²) >= 11 is 0. The van der Waals surface area contributed by atoms with E-state index in [-0.39, 0.29) is 30.1 Å². The van der Waals surface area contributed by atoms with Crippen molar-refractivity contribution in [2.75, 3.05) is 26.7 Å². The minimum atomic E-state index is -3.85. The van der Waals surface area contributed by atoms with Gasteiger partial charge in [0.15, 0.2) is 0 Å². The van der Waals surface area contributed by atoms with Gasteiger partial charge in [-0.2, -0.15) is 4.31 Å². The van der Waals surface area contributed by atoms with Crippen molar-refractivity contribution in [3.8, 4) is 16.9 Å². The van der Waals surface area contributed by atoms with E-state index in [0.717, 1.165) is 17.7 Å². The van der Waals surface area contributed by atoms with Gasteiger partial charge in [-0.1, -0.05) is 73.7 Å². The maximum absolute atomic E-state index is 13.7. The van der Waals surface area contributed by atoms with E-state index in [1.807, 2.05) is 74.6 Å². The SMILES string of the molecule is C[C@H](CO)N1C[C@H](C)[C@@H](CN(C)Cc2ccccc2)Oc2cc(-c3ccccc3)ccc2S1(=O)=O. The van der Waals surface area contributed by atoms with Gasteiger partial charge in [0.1, 0.15) is 16.7 Å². The van der Waals surface area contributed by atoms with E-state index >= 15 is 0 Å². The predicted octanol–water partition coefficient (Wildman–Crippen LogP) is 4.25. The highest BCUT2D eigenvalue weighted by Crippen LogP contribution is 2.36. The van der Waals surface area contributed by atoms with Crippen LogP contribution in [0.2, 0.25) is 0 Å². The number of likely N-dealkylation sites (N-methyl/N-ethyl adjacent to an activating group) is 1. The van der Waals surface area contributed by atoms with Crippen molar-refractivity contribution in [2.45, 2.75) is 37.4 Å². The zero-order valence-corrected chi connectivity index (χ0v) is 21.4. The molecule has 0 saturated carbocycles. The lowest BCUT2D eigenvalue weighted by Gasteiger charge is -2.37. The van der Waals surface area contributed by atoms with Crippen LogP contribution < -0.4 is 4.74 Å². The first-order chi connectivity index (χ1) is 16.8. The van der Waals surface area contributed by atoms with Crippen LogP contribution in [0.5, 0.6) is 5.75 Å². The lowest BCUT2D eigenvalue weighted by Crippen LogP contribution is -2.49. The Balaban J connectivity index is 1.72. The van der Waals surface area contributed by atoms with Crippen LogP contribution in [0.15, 0.2) is 83.8 Å². The predicted molar refractivity (Wildman–Crippen MR) is 139 cm³/mol. The Morgan fingerprint density at radius 1 is 1.03 bits per heavy atom. The molecule has 1 heterocycles. The molecule has 0 bridgehead atoms. The molecular formula is C28H34N2O4S. The van der Waals surface area contributed by atoms with Crippen molar-refractivity contribution >= 4 is 10.0 Å². The molecule has 0 saturated heterocycles. The molecule has 7 heteroatoms. The van der Waals surface area contributed by atoms with E-state index in [9.17, 15) is 13.5 Å². The summed E-state index contributed by atoms with van der Waals surface area (Å²) in [7, 11) is -1.80. The Hall–Kier alpha value is -2.71. The lowest BCUT2D eigenvalue weighted by atomic mass is 10.0. The minimum absolute atomic E-state index is 0.0921. The van der Waals surface area contributed by atoms with E-state index in [2.05, 4.69) is 17.0 Å². The monoisotopic (exact) mass is 494 g/mol. The lowest BCUT2D eigenvalue weighted by molar-refractivity contribution is 0.0734. The second-order valence-corrected chi connectivity index (χ2v) is 11.3. The molecule has 0 fully saturated rings. The summed E-state index contributed by atoms with van der Waals surface area (Å²) in [4.78, 5) is 2.34. The van der Waals surface area contributed by atoms with Crippen LogP contribution in [0.3, 0.4) is 0 Å². The molecule has 1 aliphatic heterocycles.